The van der Waals surface area contributed by atoms with Gasteiger partial charge in [-0.05, 0) is 32.2 Å². The Labute approximate surface area is 86.5 Å². The molecule has 1 N–H and O–H groups in total. The van der Waals surface area contributed by atoms with Crippen molar-refractivity contribution in [2.75, 3.05) is 6.54 Å². The molecule has 2 fully saturated rings. The quantitative estimate of drug-likeness (QED) is 0.694. The highest BCUT2D eigenvalue weighted by molar-refractivity contribution is 5.88. The molecule has 1 heterocycles. The summed E-state index contributed by atoms with van der Waals surface area (Å²) < 4.78 is 0. The summed E-state index contributed by atoms with van der Waals surface area (Å²) in [6.07, 6.45) is 5.95. The number of hydrogen-bond donors (Lipinski definition) is 1. The third-order valence-corrected chi connectivity index (χ3v) is 3.92. The second-order valence-electron chi connectivity index (χ2n) is 5.45. The predicted octanol–water partition coefficient (Wildman–Crippen LogP) is 2.13. The van der Waals surface area contributed by atoms with Crippen LogP contribution >= 0.6 is 0 Å². The molecule has 2 unspecified atom stereocenters. The van der Waals surface area contributed by atoms with E-state index in [0.29, 0.717) is 17.7 Å². The molecule has 1 saturated heterocycles. The molecule has 1 aliphatic carbocycles. The van der Waals surface area contributed by atoms with Crippen molar-refractivity contribution in [2.24, 2.45) is 11.3 Å². The number of piperidine rings is 1. The van der Waals surface area contributed by atoms with Gasteiger partial charge in [-0.2, -0.15) is 0 Å². The average Bonchev–Trinajstić information content (AvgIpc) is 2.44. The van der Waals surface area contributed by atoms with Gasteiger partial charge in [-0.15, -0.1) is 0 Å². The third-order valence-electron chi connectivity index (χ3n) is 3.92. The van der Waals surface area contributed by atoms with Gasteiger partial charge in [-0.1, -0.05) is 20.3 Å². The fraction of sp³-hybridized carbons (Fsp3) is 0.917. The van der Waals surface area contributed by atoms with Crippen molar-refractivity contribution >= 4 is 5.78 Å². The van der Waals surface area contributed by atoms with Crippen LogP contribution in [0.3, 0.4) is 0 Å². The lowest BCUT2D eigenvalue weighted by Crippen LogP contribution is -2.42. The molecule has 2 heteroatoms. The summed E-state index contributed by atoms with van der Waals surface area (Å²) >= 11 is 0. The third kappa shape index (κ3) is 1.72. The van der Waals surface area contributed by atoms with Gasteiger partial charge < -0.3 is 5.32 Å². The van der Waals surface area contributed by atoms with Gasteiger partial charge in [0.2, 0.25) is 0 Å². The highest BCUT2D eigenvalue weighted by Gasteiger charge is 2.43. The molecule has 1 saturated carbocycles. The summed E-state index contributed by atoms with van der Waals surface area (Å²) in [5.41, 5.74) is -0.0518. The first-order valence-electron chi connectivity index (χ1n) is 5.89. The van der Waals surface area contributed by atoms with Gasteiger partial charge in [0.05, 0.1) is 0 Å². The van der Waals surface area contributed by atoms with E-state index in [1.807, 2.05) is 0 Å². The minimum Gasteiger partial charge on any atom is -0.313 e. The maximum absolute atomic E-state index is 12.1. The van der Waals surface area contributed by atoms with Crippen LogP contribution in [-0.2, 0) is 4.79 Å². The van der Waals surface area contributed by atoms with E-state index in [0.717, 1.165) is 19.4 Å². The number of nitrogens with one attached hydrogen (secondary N) is 1. The van der Waals surface area contributed by atoms with Gasteiger partial charge in [-0.25, -0.2) is 0 Å². The van der Waals surface area contributed by atoms with Crippen LogP contribution in [0.15, 0.2) is 0 Å². The molecule has 2 aliphatic rings. The van der Waals surface area contributed by atoms with Gasteiger partial charge >= 0.3 is 0 Å². The van der Waals surface area contributed by atoms with Crippen LogP contribution < -0.4 is 5.32 Å². The molecule has 2 rings (SSSR count). The van der Waals surface area contributed by atoms with Crippen LogP contribution in [0.4, 0.5) is 0 Å². The Balaban J connectivity index is 2.02. The molecule has 0 radical (unpaired) electrons. The number of ketones is 1. The zero-order chi connectivity index (χ0) is 10.2. The average molecular weight is 195 g/mol. The lowest BCUT2D eigenvalue weighted by molar-refractivity contribution is -0.128. The molecule has 0 aromatic heterocycles. The molecular weight excluding hydrogens is 174 g/mol. The molecule has 80 valence electrons. The first kappa shape index (κ1) is 10.2. The fourth-order valence-electron chi connectivity index (χ4n) is 2.88. The van der Waals surface area contributed by atoms with E-state index in [4.69, 9.17) is 0 Å². The van der Waals surface area contributed by atoms with Crippen LogP contribution in [0.25, 0.3) is 0 Å². The molecule has 0 spiro atoms. The second kappa shape index (κ2) is 3.65. The first-order chi connectivity index (χ1) is 6.61. The molecule has 0 bridgehead atoms. The fourth-order valence-corrected chi connectivity index (χ4v) is 2.88. The SMILES string of the molecule is CC1(C)CCC(C2CCCCN2)C1=O. The molecule has 0 amide bonds. The summed E-state index contributed by atoms with van der Waals surface area (Å²) in [6, 6.07) is 0.484. The monoisotopic (exact) mass is 195 g/mol. The summed E-state index contributed by atoms with van der Waals surface area (Å²) in [4.78, 5) is 12.1. The number of rotatable bonds is 1. The highest BCUT2D eigenvalue weighted by Crippen LogP contribution is 2.40. The van der Waals surface area contributed by atoms with Gasteiger partial charge in [0.25, 0.3) is 0 Å². The van der Waals surface area contributed by atoms with Crippen molar-refractivity contribution in [1.29, 1.82) is 0 Å². The Kier molecular flexibility index (Phi) is 2.65. The molecular formula is C12H21NO. The van der Waals surface area contributed by atoms with Crippen molar-refractivity contribution in [3.05, 3.63) is 0 Å². The summed E-state index contributed by atoms with van der Waals surface area (Å²) in [5.74, 6) is 0.808. The van der Waals surface area contributed by atoms with Gasteiger partial charge in [0.1, 0.15) is 5.78 Å². The summed E-state index contributed by atoms with van der Waals surface area (Å²) in [5, 5.41) is 3.51. The van der Waals surface area contributed by atoms with Crippen LogP contribution in [0.5, 0.6) is 0 Å². The van der Waals surface area contributed by atoms with E-state index in [1.165, 1.54) is 19.3 Å². The number of hydrogen-bond acceptors (Lipinski definition) is 2. The molecule has 14 heavy (non-hydrogen) atoms. The van der Waals surface area contributed by atoms with Crippen molar-refractivity contribution in [1.82, 2.24) is 5.32 Å². The van der Waals surface area contributed by atoms with Crippen molar-refractivity contribution in [3.8, 4) is 0 Å². The van der Waals surface area contributed by atoms with Crippen LogP contribution in [-0.4, -0.2) is 18.4 Å². The minimum atomic E-state index is -0.0518. The minimum absolute atomic E-state index is 0.0518. The molecule has 2 nitrogen and oxygen atoms in total. The van der Waals surface area contributed by atoms with E-state index in [2.05, 4.69) is 19.2 Å². The number of carbonyl (C=O) groups excluding carboxylic acids is 1. The lowest BCUT2D eigenvalue weighted by Gasteiger charge is -2.28. The Hall–Kier alpha value is -0.370. The molecule has 2 atom stereocenters. The van der Waals surface area contributed by atoms with Gasteiger partial charge in [0.15, 0.2) is 0 Å². The van der Waals surface area contributed by atoms with Gasteiger partial charge in [0, 0.05) is 17.4 Å². The highest BCUT2D eigenvalue weighted by atomic mass is 16.1. The van der Waals surface area contributed by atoms with E-state index in [-0.39, 0.29) is 5.41 Å². The van der Waals surface area contributed by atoms with E-state index in [9.17, 15) is 4.79 Å². The van der Waals surface area contributed by atoms with E-state index < -0.39 is 0 Å². The van der Waals surface area contributed by atoms with Gasteiger partial charge in [-0.3, -0.25) is 4.79 Å². The first-order valence-corrected chi connectivity index (χ1v) is 5.89. The van der Waals surface area contributed by atoms with Crippen LogP contribution in [0.2, 0.25) is 0 Å². The topological polar surface area (TPSA) is 29.1 Å². The maximum Gasteiger partial charge on any atom is 0.143 e. The standard InChI is InChI=1S/C12H21NO/c1-12(2)7-6-9(11(12)14)10-5-3-4-8-13-10/h9-10,13H,3-8H2,1-2H3. The maximum atomic E-state index is 12.1. The normalized spacial score (nSPS) is 37.4. The Morgan fingerprint density at radius 3 is 2.57 bits per heavy atom. The largest absolute Gasteiger partial charge is 0.313 e. The smallest absolute Gasteiger partial charge is 0.143 e. The molecule has 0 aromatic carbocycles. The lowest BCUT2D eigenvalue weighted by atomic mass is 9.84. The Bertz CT molecular complexity index is 228. The number of Topliss-reactive ketones (excluding diaryl/α,β-unsaturated/α-hetero) is 1. The summed E-state index contributed by atoms with van der Waals surface area (Å²) in [6.45, 7) is 5.30. The Morgan fingerprint density at radius 2 is 2.07 bits per heavy atom. The van der Waals surface area contributed by atoms with Crippen LogP contribution in [0.1, 0.15) is 46.0 Å². The van der Waals surface area contributed by atoms with E-state index >= 15 is 0 Å². The zero-order valence-electron chi connectivity index (χ0n) is 9.31. The zero-order valence-corrected chi connectivity index (χ0v) is 9.31. The van der Waals surface area contributed by atoms with Crippen molar-refractivity contribution in [3.63, 3.8) is 0 Å². The van der Waals surface area contributed by atoms with E-state index in [1.54, 1.807) is 0 Å². The Morgan fingerprint density at radius 1 is 1.29 bits per heavy atom. The number of carbonyl (C=O) groups is 1. The second-order valence-corrected chi connectivity index (χ2v) is 5.45. The van der Waals surface area contributed by atoms with Crippen molar-refractivity contribution in [2.45, 2.75) is 52.0 Å². The van der Waals surface area contributed by atoms with Crippen LogP contribution in [0, 0.1) is 11.3 Å². The van der Waals surface area contributed by atoms with Crippen molar-refractivity contribution < 1.29 is 4.79 Å². The molecule has 0 aromatic rings. The summed E-state index contributed by atoms with van der Waals surface area (Å²) in [7, 11) is 0. The molecule has 1 aliphatic heterocycles. The predicted molar refractivity (Wildman–Crippen MR) is 57.2 cm³/mol.